The van der Waals surface area contributed by atoms with Crippen molar-refractivity contribution in [3.63, 3.8) is 0 Å². The zero-order chi connectivity index (χ0) is 14.5. The molecule has 0 amide bonds. The number of anilines is 1. The van der Waals surface area contributed by atoms with E-state index in [-0.39, 0.29) is 6.10 Å². The first-order valence-corrected chi connectivity index (χ1v) is 8.31. The summed E-state index contributed by atoms with van der Waals surface area (Å²) in [5, 5.41) is 12.2. The minimum absolute atomic E-state index is 0.321. The number of hydrogen-bond acceptors (Lipinski definition) is 5. The van der Waals surface area contributed by atoms with Crippen molar-refractivity contribution < 1.29 is 5.11 Å². The van der Waals surface area contributed by atoms with Crippen molar-refractivity contribution in [2.45, 2.75) is 12.5 Å². The average Bonchev–Trinajstić information content (AvgIpc) is 3.08. The first kappa shape index (κ1) is 14.5. The highest BCUT2D eigenvalue weighted by Gasteiger charge is 2.18. The van der Waals surface area contributed by atoms with E-state index >= 15 is 0 Å². The Balaban J connectivity index is 1.44. The first-order chi connectivity index (χ1) is 10.3. The summed E-state index contributed by atoms with van der Waals surface area (Å²) in [6.45, 7) is 5.04. The molecule has 0 saturated carbocycles. The van der Waals surface area contributed by atoms with Crippen LogP contribution in [0.25, 0.3) is 0 Å². The number of hydrogen-bond donors (Lipinski definition) is 1. The number of pyridine rings is 1. The van der Waals surface area contributed by atoms with E-state index in [0.29, 0.717) is 0 Å². The monoisotopic (exact) mass is 303 g/mol. The van der Waals surface area contributed by atoms with Crippen LogP contribution in [0.15, 0.2) is 41.9 Å². The molecule has 1 fully saturated rings. The fourth-order valence-electron chi connectivity index (χ4n) is 2.67. The van der Waals surface area contributed by atoms with Crippen LogP contribution in [0.5, 0.6) is 0 Å². The minimum atomic E-state index is -0.321. The Kier molecular flexibility index (Phi) is 4.85. The molecule has 1 saturated heterocycles. The summed E-state index contributed by atoms with van der Waals surface area (Å²) in [5.41, 5.74) is 0. The van der Waals surface area contributed by atoms with Gasteiger partial charge in [0.2, 0.25) is 0 Å². The van der Waals surface area contributed by atoms with E-state index in [1.54, 1.807) is 11.3 Å². The summed E-state index contributed by atoms with van der Waals surface area (Å²) in [6.07, 6.45) is 2.34. The van der Waals surface area contributed by atoms with Gasteiger partial charge in [0, 0.05) is 43.8 Å². The lowest BCUT2D eigenvalue weighted by atomic mass is 10.2. The van der Waals surface area contributed by atoms with Crippen LogP contribution in [0.1, 0.15) is 17.4 Å². The summed E-state index contributed by atoms with van der Waals surface area (Å²) >= 11 is 1.63. The molecule has 1 aliphatic heterocycles. The quantitative estimate of drug-likeness (QED) is 0.920. The molecule has 0 spiro atoms. The second kappa shape index (κ2) is 7.02. The average molecular weight is 303 g/mol. The van der Waals surface area contributed by atoms with Gasteiger partial charge in [-0.3, -0.25) is 4.90 Å². The summed E-state index contributed by atoms with van der Waals surface area (Å²) in [7, 11) is 0. The topological polar surface area (TPSA) is 39.6 Å². The lowest BCUT2D eigenvalue weighted by molar-refractivity contribution is 0.142. The standard InChI is InChI=1S/C16H21N3OS/c20-14(15-4-3-13-21-15)6-8-18-9-11-19(12-10-18)16-5-1-2-7-17-16/h1-5,7,13-14,20H,6,8-12H2. The summed E-state index contributed by atoms with van der Waals surface area (Å²) in [5.74, 6) is 1.07. The predicted molar refractivity (Wildman–Crippen MR) is 86.8 cm³/mol. The summed E-state index contributed by atoms with van der Waals surface area (Å²) in [4.78, 5) is 10.2. The molecule has 2 aromatic heterocycles. The van der Waals surface area contributed by atoms with Gasteiger partial charge in [-0.25, -0.2) is 4.98 Å². The van der Waals surface area contributed by atoms with E-state index in [1.807, 2.05) is 35.8 Å². The maximum Gasteiger partial charge on any atom is 0.128 e. The molecular formula is C16H21N3OS. The van der Waals surface area contributed by atoms with Crippen molar-refractivity contribution in [3.05, 3.63) is 46.8 Å². The third kappa shape index (κ3) is 3.81. The van der Waals surface area contributed by atoms with Crippen LogP contribution >= 0.6 is 11.3 Å². The maximum absolute atomic E-state index is 10.1. The number of rotatable bonds is 5. The highest BCUT2D eigenvalue weighted by molar-refractivity contribution is 7.10. The first-order valence-electron chi connectivity index (χ1n) is 7.43. The molecule has 0 radical (unpaired) electrons. The fourth-order valence-corrected chi connectivity index (χ4v) is 3.42. The van der Waals surface area contributed by atoms with Gasteiger partial charge in [0.25, 0.3) is 0 Å². The number of nitrogens with zero attached hydrogens (tertiary/aromatic N) is 3. The lowest BCUT2D eigenvalue weighted by Crippen LogP contribution is -2.47. The minimum Gasteiger partial charge on any atom is -0.388 e. The van der Waals surface area contributed by atoms with E-state index < -0.39 is 0 Å². The van der Waals surface area contributed by atoms with Gasteiger partial charge in [0.05, 0.1) is 6.10 Å². The Morgan fingerprint density at radius 3 is 2.67 bits per heavy atom. The van der Waals surface area contributed by atoms with Crippen LogP contribution in [0, 0.1) is 0 Å². The fraction of sp³-hybridized carbons (Fsp3) is 0.438. The molecule has 1 atom stereocenters. The van der Waals surface area contributed by atoms with E-state index in [1.165, 1.54) is 0 Å². The zero-order valence-electron chi connectivity index (χ0n) is 12.1. The summed E-state index contributed by atoms with van der Waals surface area (Å²) < 4.78 is 0. The molecule has 0 aliphatic carbocycles. The smallest absolute Gasteiger partial charge is 0.128 e. The highest BCUT2D eigenvalue weighted by Crippen LogP contribution is 2.22. The Labute approximate surface area is 129 Å². The number of piperazine rings is 1. The summed E-state index contributed by atoms with van der Waals surface area (Å²) in [6, 6.07) is 10.1. The molecule has 112 valence electrons. The van der Waals surface area contributed by atoms with Crippen LogP contribution < -0.4 is 4.90 Å². The van der Waals surface area contributed by atoms with Gasteiger partial charge in [-0.05, 0) is 30.0 Å². The van der Waals surface area contributed by atoms with Crippen molar-refractivity contribution in [2.24, 2.45) is 0 Å². The largest absolute Gasteiger partial charge is 0.388 e. The van der Waals surface area contributed by atoms with Crippen molar-refractivity contribution in [2.75, 3.05) is 37.6 Å². The molecule has 4 nitrogen and oxygen atoms in total. The number of aliphatic hydroxyl groups is 1. The van der Waals surface area contributed by atoms with Crippen LogP contribution in [-0.4, -0.2) is 47.7 Å². The molecule has 1 unspecified atom stereocenters. The van der Waals surface area contributed by atoms with E-state index in [0.717, 1.165) is 49.8 Å². The molecule has 1 N–H and O–H groups in total. The van der Waals surface area contributed by atoms with E-state index in [4.69, 9.17) is 0 Å². The molecule has 0 aromatic carbocycles. The normalized spacial score (nSPS) is 17.9. The van der Waals surface area contributed by atoms with Gasteiger partial charge in [0.1, 0.15) is 5.82 Å². The molecule has 3 heterocycles. The number of thiophene rings is 1. The third-order valence-electron chi connectivity index (χ3n) is 3.94. The van der Waals surface area contributed by atoms with Gasteiger partial charge in [-0.2, -0.15) is 0 Å². The molecule has 1 aliphatic rings. The van der Waals surface area contributed by atoms with Crippen molar-refractivity contribution in [1.82, 2.24) is 9.88 Å². The van der Waals surface area contributed by atoms with Gasteiger partial charge in [0.15, 0.2) is 0 Å². The molecule has 21 heavy (non-hydrogen) atoms. The van der Waals surface area contributed by atoms with Crippen molar-refractivity contribution in [1.29, 1.82) is 0 Å². The number of aliphatic hydroxyl groups excluding tert-OH is 1. The Bertz CT molecular complexity index is 524. The molecule has 5 heteroatoms. The lowest BCUT2D eigenvalue weighted by Gasteiger charge is -2.35. The Hall–Kier alpha value is -1.43. The maximum atomic E-state index is 10.1. The second-order valence-corrected chi connectivity index (χ2v) is 6.32. The highest BCUT2D eigenvalue weighted by atomic mass is 32.1. The SMILES string of the molecule is OC(CCN1CCN(c2ccccn2)CC1)c1cccs1. The number of aromatic nitrogens is 1. The second-order valence-electron chi connectivity index (χ2n) is 5.34. The van der Waals surface area contributed by atoms with Crippen LogP contribution in [0.3, 0.4) is 0 Å². The molecular weight excluding hydrogens is 282 g/mol. The molecule has 2 aromatic rings. The van der Waals surface area contributed by atoms with Gasteiger partial charge in [-0.15, -0.1) is 11.3 Å². The van der Waals surface area contributed by atoms with Gasteiger partial charge < -0.3 is 10.0 Å². The van der Waals surface area contributed by atoms with Crippen molar-refractivity contribution >= 4 is 17.2 Å². The Morgan fingerprint density at radius 1 is 1.14 bits per heavy atom. The van der Waals surface area contributed by atoms with Gasteiger partial charge >= 0.3 is 0 Å². The molecule has 3 rings (SSSR count). The van der Waals surface area contributed by atoms with Crippen LogP contribution in [-0.2, 0) is 0 Å². The van der Waals surface area contributed by atoms with Crippen LogP contribution in [0.4, 0.5) is 5.82 Å². The van der Waals surface area contributed by atoms with E-state index in [9.17, 15) is 5.11 Å². The Morgan fingerprint density at radius 2 is 2.00 bits per heavy atom. The third-order valence-corrected chi connectivity index (χ3v) is 4.91. The van der Waals surface area contributed by atoms with Crippen LogP contribution in [0.2, 0.25) is 0 Å². The predicted octanol–water partition coefficient (Wildman–Crippen LogP) is 2.39. The van der Waals surface area contributed by atoms with E-state index in [2.05, 4.69) is 20.9 Å². The van der Waals surface area contributed by atoms with Crippen molar-refractivity contribution in [3.8, 4) is 0 Å². The zero-order valence-corrected chi connectivity index (χ0v) is 12.9. The molecule has 0 bridgehead atoms. The van der Waals surface area contributed by atoms with Gasteiger partial charge in [-0.1, -0.05) is 12.1 Å².